The molecule has 1 aliphatic carbocycles. The van der Waals surface area contributed by atoms with E-state index in [2.05, 4.69) is 30.0 Å². The van der Waals surface area contributed by atoms with Crippen molar-refractivity contribution in [2.24, 2.45) is 5.41 Å². The molecule has 0 amide bonds. The second kappa shape index (κ2) is 11.6. The van der Waals surface area contributed by atoms with Crippen molar-refractivity contribution in [2.75, 3.05) is 13.2 Å². The van der Waals surface area contributed by atoms with Gasteiger partial charge in [0.25, 0.3) is 0 Å². The molecule has 1 aromatic heterocycles. The average Bonchev–Trinajstić information content (AvgIpc) is 3.58. The van der Waals surface area contributed by atoms with E-state index in [1.807, 2.05) is 54.6 Å². The van der Waals surface area contributed by atoms with Crippen LogP contribution in [0.5, 0.6) is 0 Å². The molecular formula is C35H26Cl2O4Se. The van der Waals surface area contributed by atoms with E-state index in [1.54, 1.807) is 13.8 Å². The summed E-state index contributed by atoms with van der Waals surface area (Å²) in [6, 6.07) is 23.5. The number of ether oxygens (including phenoxy) is 2. The van der Waals surface area contributed by atoms with Crippen molar-refractivity contribution in [3.63, 3.8) is 0 Å². The quantitative estimate of drug-likeness (QED) is 0.0843. The Morgan fingerprint density at radius 2 is 1.40 bits per heavy atom. The Hall–Kier alpha value is -3.52. The van der Waals surface area contributed by atoms with Crippen LogP contribution in [0.15, 0.2) is 72.8 Å². The number of halogens is 2. The Morgan fingerprint density at radius 1 is 0.810 bits per heavy atom. The zero-order valence-electron chi connectivity index (χ0n) is 23.1. The molecule has 1 heterocycles. The van der Waals surface area contributed by atoms with Crippen LogP contribution in [0, 0.1) is 17.3 Å². The summed E-state index contributed by atoms with van der Waals surface area (Å²) >= 11 is 12.4. The first-order valence-electron chi connectivity index (χ1n) is 13.7. The number of benzene rings is 4. The van der Waals surface area contributed by atoms with E-state index in [9.17, 15) is 9.59 Å². The van der Waals surface area contributed by atoms with Gasteiger partial charge in [0, 0.05) is 0 Å². The predicted octanol–water partition coefficient (Wildman–Crippen LogP) is 7.63. The fourth-order valence-electron chi connectivity index (χ4n) is 5.74. The summed E-state index contributed by atoms with van der Waals surface area (Å²) < 4.78 is 13.5. The molecule has 4 nitrogen and oxygen atoms in total. The summed E-state index contributed by atoms with van der Waals surface area (Å²) in [4.78, 5) is 27.2. The fraction of sp³-hybridized carbons (Fsp3) is 0.200. The predicted molar refractivity (Wildman–Crippen MR) is 169 cm³/mol. The molecule has 0 radical (unpaired) electrons. The molecule has 210 valence electrons. The van der Waals surface area contributed by atoms with Crippen molar-refractivity contribution in [3.8, 4) is 23.0 Å². The summed E-state index contributed by atoms with van der Waals surface area (Å²) in [6.07, 6.45) is 0.375. The van der Waals surface area contributed by atoms with E-state index < -0.39 is 17.4 Å². The first-order chi connectivity index (χ1) is 20.4. The van der Waals surface area contributed by atoms with Crippen LogP contribution in [0.1, 0.15) is 36.1 Å². The second-order valence-corrected chi connectivity index (χ2v) is 13.2. The number of esters is 2. The second-order valence-electron chi connectivity index (χ2n) is 10.1. The zero-order valence-corrected chi connectivity index (χ0v) is 26.3. The number of hydrogen-bond acceptors (Lipinski definition) is 4. The Kier molecular flexibility index (Phi) is 7.92. The Balaban J connectivity index is 1.72. The van der Waals surface area contributed by atoms with E-state index in [1.165, 1.54) is 8.52 Å². The third kappa shape index (κ3) is 4.93. The normalized spacial score (nSPS) is 13.4. The van der Waals surface area contributed by atoms with Gasteiger partial charge in [0.1, 0.15) is 0 Å². The third-order valence-corrected chi connectivity index (χ3v) is 10.7. The molecule has 0 atom stereocenters. The van der Waals surface area contributed by atoms with E-state index in [0.29, 0.717) is 10.0 Å². The van der Waals surface area contributed by atoms with Gasteiger partial charge in [0.05, 0.1) is 0 Å². The topological polar surface area (TPSA) is 52.6 Å². The van der Waals surface area contributed by atoms with Crippen molar-refractivity contribution in [1.29, 1.82) is 0 Å². The molecule has 7 heteroatoms. The molecule has 0 spiro atoms. The molecule has 0 saturated heterocycles. The first-order valence-corrected chi connectivity index (χ1v) is 16.2. The molecule has 0 unspecified atom stereocenters. The number of hydrogen-bond donors (Lipinski definition) is 0. The van der Waals surface area contributed by atoms with Crippen LogP contribution in [0.4, 0.5) is 0 Å². The molecule has 4 aromatic carbocycles. The van der Waals surface area contributed by atoms with Crippen molar-refractivity contribution < 1.29 is 19.1 Å². The summed E-state index contributed by atoms with van der Waals surface area (Å²) in [6.45, 7) is 3.84. The monoisotopic (exact) mass is 660 g/mol. The standard InChI is InChI=1S/C35H26Cl2O4Se/c1-3-40-33(38)35(34(39)41-4-2)19-27-25(18-11-21-9-14-23(36)15-10-21)30(22-12-16-24(37)17-13-22)31-26-7-5-6-8-29(26)42-32(31)28(27)20-35/h5-10,12-17H,3-4,19-20H2,1-2H3. The van der Waals surface area contributed by atoms with Crippen LogP contribution in [-0.4, -0.2) is 39.7 Å². The average molecular weight is 660 g/mol. The maximum atomic E-state index is 13.6. The zero-order chi connectivity index (χ0) is 29.4. The van der Waals surface area contributed by atoms with Gasteiger partial charge in [0.2, 0.25) is 0 Å². The van der Waals surface area contributed by atoms with Crippen molar-refractivity contribution in [1.82, 2.24) is 0 Å². The van der Waals surface area contributed by atoms with Gasteiger partial charge in [-0.05, 0) is 0 Å². The van der Waals surface area contributed by atoms with Crippen LogP contribution in [0.2, 0.25) is 10.0 Å². The van der Waals surface area contributed by atoms with Gasteiger partial charge in [-0.3, -0.25) is 0 Å². The van der Waals surface area contributed by atoms with Gasteiger partial charge < -0.3 is 0 Å². The number of rotatable bonds is 5. The van der Waals surface area contributed by atoms with Gasteiger partial charge in [0.15, 0.2) is 0 Å². The number of carbonyl (C=O) groups is 2. The summed E-state index contributed by atoms with van der Waals surface area (Å²) in [5, 5.41) is 3.53. The molecule has 0 fully saturated rings. The molecule has 1 aliphatic rings. The van der Waals surface area contributed by atoms with Crippen LogP contribution in [0.3, 0.4) is 0 Å². The minimum atomic E-state index is -1.47. The number of fused-ring (bicyclic) bond motifs is 5. The molecule has 6 rings (SSSR count). The molecule has 0 aliphatic heterocycles. The van der Waals surface area contributed by atoms with Crippen LogP contribution in [-0.2, 0) is 31.9 Å². The molecule has 0 bridgehead atoms. The summed E-state index contributed by atoms with van der Waals surface area (Å²) in [7, 11) is 0. The first kappa shape index (κ1) is 28.6. The van der Waals surface area contributed by atoms with E-state index in [4.69, 9.17) is 32.7 Å². The van der Waals surface area contributed by atoms with Crippen molar-refractivity contribution >= 4 is 68.9 Å². The van der Waals surface area contributed by atoms with Crippen molar-refractivity contribution in [3.05, 3.63) is 105 Å². The molecule has 5 aromatic rings. The summed E-state index contributed by atoms with van der Waals surface area (Å²) in [5.41, 5.74) is 3.98. The molecule has 0 saturated carbocycles. The maximum absolute atomic E-state index is 13.6. The number of carbonyl (C=O) groups excluding carboxylic acids is 2. The van der Waals surface area contributed by atoms with Gasteiger partial charge in [-0.2, -0.15) is 0 Å². The molecular weight excluding hydrogens is 634 g/mol. The summed E-state index contributed by atoms with van der Waals surface area (Å²) in [5.74, 6) is 5.70. The van der Waals surface area contributed by atoms with Gasteiger partial charge >= 0.3 is 261 Å². The van der Waals surface area contributed by atoms with E-state index >= 15 is 0 Å². The third-order valence-electron chi connectivity index (χ3n) is 7.63. The van der Waals surface area contributed by atoms with Gasteiger partial charge in [-0.1, -0.05) is 0 Å². The van der Waals surface area contributed by atoms with Crippen LogP contribution < -0.4 is 0 Å². The molecule has 42 heavy (non-hydrogen) atoms. The van der Waals surface area contributed by atoms with Gasteiger partial charge in [-0.25, -0.2) is 0 Å². The fourth-order valence-corrected chi connectivity index (χ4v) is 8.68. The van der Waals surface area contributed by atoms with Crippen molar-refractivity contribution in [2.45, 2.75) is 26.7 Å². The Labute approximate surface area is 260 Å². The molecule has 0 N–H and O–H groups in total. The van der Waals surface area contributed by atoms with Gasteiger partial charge in [-0.15, -0.1) is 0 Å². The van der Waals surface area contributed by atoms with Crippen LogP contribution in [0.25, 0.3) is 30.4 Å². The Bertz CT molecular complexity index is 1890. The Morgan fingerprint density at radius 3 is 2.05 bits per heavy atom. The van der Waals surface area contributed by atoms with Crippen LogP contribution >= 0.6 is 23.2 Å². The van der Waals surface area contributed by atoms with E-state index in [-0.39, 0.29) is 40.6 Å². The van der Waals surface area contributed by atoms with E-state index in [0.717, 1.165) is 44.2 Å². The SMILES string of the molecule is CCOC(=O)C1(C(=O)OCC)Cc2c(C#Cc3ccc(Cl)cc3)c(-c3ccc(Cl)cc3)c3c([se]c4ccccc43)c2C1. The minimum absolute atomic E-state index is 0.0290.